The van der Waals surface area contributed by atoms with Crippen molar-refractivity contribution in [1.29, 1.82) is 5.26 Å². The van der Waals surface area contributed by atoms with Gasteiger partial charge in [0.1, 0.15) is 0 Å². The van der Waals surface area contributed by atoms with E-state index in [0.717, 1.165) is 32.1 Å². The number of unbranched alkanes of at least 4 members (excludes halogenated alkanes) is 4. The summed E-state index contributed by atoms with van der Waals surface area (Å²) in [6.07, 6.45) is 5.13. The molecule has 0 bridgehead atoms. The lowest BCUT2D eigenvalue weighted by Gasteiger charge is -2.26. The lowest BCUT2D eigenvalue weighted by Crippen LogP contribution is -2.42. The molecule has 0 rings (SSSR count). The van der Waals surface area contributed by atoms with Gasteiger partial charge in [0.2, 0.25) is 6.54 Å². The number of nitriles is 1. The Morgan fingerprint density at radius 3 is 2.43 bits per heavy atom. The molecule has 0 aromatic rings. The molecule has 0 heterocycles. The molecule has 0 saturated heterocycles. The van der Waals surface area contributed by atoms with Crippen LogP contribution in [0.3, 0.4) is 0 Å². The largest absolute Gasteiger partial charge is 0.468 e. The Hall–Kier alpha value is -2.08. The summed E-state index contributed by atoms with van der Waals surface area (Å²) in [5, 5.41) is 8.77. The van der Waals surface area contributed by atoms with E-state index in [-0.39, 0.29) is 32.4 Å². The fraction of sp³-hybridized carbons (Fsp3) is 0.765. The Bertz CT molecular complexity index is 430. The molecule has 0 amide bonds. The van der Waals surface area contributed by atoms with Gasteiger partial charge < -0.3 is 14.3 Å². The quantitative estimate of drug-likeness (QED) is 0.238. The van der Waals surface area contributed by atoms with Crippen LogP contribution in [0.1, 0.15) is 58.3 Å². The van der Waals surface area contributed by atoms with Gasteiger partial charge in [0.15, 0.2) is 5.41 Å². The van der Waals surface area contributed by atoms with E-state index in [2.05, 4.69) is 11.8 Å². The third-order valence-electron chi connectivity index (χ3n) is 3.76. The molecule has 0 radical (unpaired) electrons. The van der Waals surface area contributed by atoms with Gasteiger partial charge in [0.25, 0.3) is 0 Å². The van der Waals surface area contributed by atoms with Crippen LogP contribution < -0.4 is 0 Å². The molecule has 0 fully saturated rings. The van der Waals surface area contributed by atoms with Gasteiger partial charge in [-0.1, -0.05) is 32.6 Å². The summed E-state index contributed by atoms with van der Waals surface area (Å²) in [5.74, 6) is -1.41. The van der Waals surface area contributed by atoms with Crippen molar-refractivity contribution in [3.05, 3.63) is 11.4 Å². The van der Waals surface area contributed by atoms with Gasteiger partial charge in [-0.3, -0.25) is 9.59 Å². The molecule has 0 aliphatic rings. The monoisotopic (exact) mass is 322 g/mol. The number of carbonyl (C=O) groups excluding carboxylic acids is 2. The number of rotatable bonds is 12. The average molecular weight is 322 g/mol. The van der Waals surface area contributed by atoms with E-state index in [0.29, 0.717) is 0 Å². The van der Waals surface area contributed by atoms with Crippen molar-refractivity contribution < 1.29 is 19.1 Å². The first kappa shape index (κ1) is 20.9. The van der Waals surface area contributed by atoms with Crippen molar-refractivity contribution in [1.82, 2.24) is 0 Å². The smallest absolute Gasteiger partial charge is 0.323 e. The maximum Gasteiger partial charge on any atom is 0.323 e. The van der Waals surface area contributed by atoms with Crippen LogP contribution in [-0.2, 0) is 19.1 Å². The normalized spacial score (nSPS) is 12.5. The van der Waals surface area contributed by atoms with E-state index in [1.54, 1.807) is 0 Å². The topological polar surface area (TPSA) is 80.8 Å². The Morgan fingerprint density at radius 1 is 1.17 bits per heavy atom. The van der Waals surface area contributed by atoms with E-state index in [4.69, 9.17) is 21.3 Å². The molecule has 0 aromatic heterocycles. The Labute approximate surface area is 138 Å². The molecular weight excluding hydrogens is 296 g/mol. The number of hydrogen-bond acceptors (Lipinski definition) is 5. The van der Waals surface area contributed by atoms with Crippen LogP contribution in [0.4, 0.5) is 0 Å². The summed E-state index contributed by atoms with van der Waals surface area (Å²) in [5.41, 5.74) is -1.54. The van der Waals surface area contributed by atoms with Gasteiger partial charge in [-0.05, 0) is 12.8 Å². The molecule has 23 heavy (non-hydrogen) atoms. The molecule has 6 heteroatoms. The van der Waals surface area contributed by atoms with Crippen LogP contribution in [0.5, 0.6) is 0 Å². The molecule has 128 valence electrons. The summed E-state index contributed by atoms with van der Waals surface area (Å²) < 4.78 is 9.99. The molecule has 0 aliphatic carbocycles. The second-order valence-corrected chi connectivity index (χ2v) is 5.41. The van der Waals surface area contributed by atoms with Crippen LogP contribution in [-0.4, -0.2) is 32.2 Å². The first-order valence-electron chi connectivity index (χ1n) is 8.04. The highest BCUT2D eigenvalue weighted by Crippen LogP contribution is 2.32. The van der Waals surface area contributed by atoms with Crippen molar-refractivity contribution in [2.24, 2.45) is 5.41 Å². The summed E-state index contributed by atoms with van der Waals surface area (Å²) >= 11 is 0. The van der Waals surface area contributed by atoms with Crippen molar-refractivity contribution in [3.63, 3.8) is 0 Å². The average Bonchev–Trinajstić information content (AvgIpc) is 2.57. The Balaban J connectivity index is 4.80. The van der Waals surface area contributed by atoms with Crippen molar-refractivity contribution >= 4 is 11.9 Å². The summed E-state index contributed by atoms with van der Waals surface area (Å²) in [7, 11) is 1.19. The highest BCUT2D eigenvalue weighted by molar-refractivity contribution is 6.00. The van der Waals surface area contributed by atoms with Crippen LogP contribution in [0, 0.1) is 23.3 Å². The third kappa shape index (κ3) is 7.15. The third-order valence-corrected chi connectivity index (χ3v) is 3.76. The molecule has 1 atom stereocenters. The van der Waals surface area contributed by atoms with Crippen molar-refractivity contribution in [3.8, 4) is 6.07 Å². The Morgan fingerprint density at radius 2 is 1.87 bits per heavy atom. The van der Waals surface area contributed by atoms with E-state index >= 15 is 0 Å². The molecular formula is C17H26N2O4. The fourth-order valence-corrected chi connectivity index (χ4v) is 2.34. The minimum atomic E-state index is -1.54. The minimum Gasteiger partial charge on any atom is -0.468 e. The molecule has 0 aromatic carbocycles. The van der Waals surface area contributed by atoms with Crippen LogP contribution in [0.2, 0.25) is 0 Å². The molecule has 0 N–H and O–H groups in total. The minimum absolute atomic E-state index is 0.00608. The maximum absolute atomic E-state index is 12.4. The standard InChI is InChI=1S/C17H26N2O4/c1-4-5-6-7-8-14-23-16(21)17(10-9-12-18,11-13-19-2)15(20)22-3/h4-11,13-14H2,1,3H3. The zero-order chi connectivity index (χ0) is 17.6. The van der Waals surface area contributed by atoms with E-state index in [1.165, 1.54) is 7.11 Å². The number of hydrogen-bond donors (Lipinski definition) is 0. The summed E-state index contributed by atoms with van der Waals surface area (Å²) in [6.45, 7) is 9.26. The fourth-order valence-electron chi connectivity index (χ4n) is 2.34. The van der Waals surface area contributed by atoms with E-state index in [1.807, 2.05) is 6.07 Å². The number of carbonyl (C=O) groups is 2. The lowest BCUT2D eigenvalue weighted by atomic mass is 9.80. The zero-order valence-electron chi connectivity index (χ0n) is 14.1. The highest BCUT2D eigenvalue weighted by atomic mass is 16.6. The van der Waals surface area contributed by atoms with Crippen LogP contribution >= 0.6 is 0 Å². The molecule has 1 unspecified atom stereocenters. The van der Waals surface area contributed by atoms with E-state index in [9.17, 15) is 9.59 Å². The molecule has 0 spiro atoms. The molecule has 6 nitrogen and oxygen atoms in total. The van der Waals surface area contributed by atoms with E-state index < -0.39 is 17.4 Å². The number of methoxy groups -OCH3 is 1. The summed E-state index contributed by atoms with van der Waals surface area (Å²) in [6, 6.07) is 1.93. The second kappa shape index (κ2) is 12.5. The highest BCUT2D eigenvalue weighted by Gasteiger charge is 2.48. The van der Waals surface area contributed by atoms with Crippen molar-refractivity contribution in [2.45, 2.75) is 58.3 Å². The summed E-state index contributed by atoms with van der Waals surface area (Å²) in [4.78, 5) is 27.8. The van der Waals surface area contributed by atoms with Crippen LogP contribution in [0.15, 0.2) is 0 Å². The first-order chi connectivity index (χ1) is 11.1. The van der Waals surface area contributed by atoms with Gasteiger partial charge >= 0.3 is 11.9 Å². The van der Waals surface area contributed by atoms with Gasteiger partial charge in [0, 0.05) is 12.8 Å². The van der Waals surface area contributed by atoms with Gasteiger partial charge in [-0.25, -0.2) is 6.57 Å². The van der Waals surface area contributed by atoms with Crippen LogP contribution in [0.25, 0.3) is 4.85 Å². The van der Waals surface area contributed by atoms with Crippen molar-refractivity contribution in [2.75, 3.05) is 20.3 Å². The molecule has 0 saturated carbocycles. The first-order valence-corrected chi connectivity index (χ1v) is 8.04. The number of ether oxygens (including phenoxy) is 2. The predicted molar refractivity (Wildman–Crippen MR) is 85.1 cm³/mol. The van der Waals surface area contributed by atoms with Gasteiger partial charge in [0.05, 0.1) is 19.8 Å². The molecule has 0 aliphatic heterocycles. The van der Waals surface area contributed by atoms with Gasteiger partial charge in [-0.2, -0.15) is 5.26 Å². The number of nitrogens with zero attached hydrogens (tertiary/aromatic N) is 2. The SMILES string of the molecule is [C-]#[N+]CCC(CCC#N)(C(=O)OC)C(=O)OCCCCCCC. The Kier molecular flexibility index (Phi) is 11.3. The number of esters is 2. The maximum atomic E-state index is 12.4. The lowest BCUT2D eigenvalue weighted by molar-refractivity contribution is -0.172. The second-order valence-electron chi connectivity index (χ2n) is 5.41. The predicted octanol–water partition coefficient (Wildman–Crippen LogP) is 3.27. The van der Waals surface area contributed by atoms with Gasteiger partial charge in [-0.15, -0.1) is 0 Å². The zero-order valence-corrected chi connectivity index (χ0v) is 14.1.